The lowest BCUT2D eigenvalue weighted by Crippen LogP contribution is -2.53. The van der Waals surface area contributed by atoms with Crippen LogP contribution in [0.3, 0.4) is 0 Å². The largest absolute Gasteiger partial charge is 0.368 e. The molecule has 0 aromatic heterocycles. The highest BCUT2D eigenvalue weighted by molar-refractivity contribution is 7.98. The second kappa shape index (κ2) is 7.78. The van der Waals surface area contributed by atoms with Crippen molar-refractivity contribution in [3.05, 3.63) is 34.9 Å². The molecule has 1 aromatic carbocycles. The van der Waals surface area contributed by atoms with E-state index in [9.17, 15) is 4.79 Å². The number of halogens is 1. The highest BCUT2D eigenvalue weighted by Crippen LogP contribution is 2.22. The SMILES string of the molecule is CCNC(C)(CCSCc1ccccc1Cl)C(N)=O. The van der Waals surface area contributed by atoms with Crippen molar-refractivity contribution in [1.82, 2.24) is 5.32 Å². The normalized spacial score (nSPS) is 14.1. The van der Waals surface area contributed by atoms with Crippen LogP contribution in [0, 0.1) is 0 Å². The molecule has 3 N–H and O–H groups in total. The first-order valence-electron chi connectivity index (χ1n) is 6.35. The quantitative estimate of drug-likeness (QED) is 0.726. The third kappa shape index (κ3) is 5.05. The van der Waals surface area contributed by atoms with E-state index in [0.717, 1.165) is 28.6 Å². The van der Waals surface area contributed by atoms with Gasteiger partial charge in [-0.1, -0.05) is 36.7 Å². The number of thioether (sulfide) groups is 1. The molecule has 0 aliphatic rings. The predicted molar refractivity (Wildman–Crippen MR) is 83.5 cm³/mol. The van der Waals surface area contributed by atoms with E-state index in [0.29, 0.717) is 6.42 Å². The Hall–Kier alpha value is -0.710. The van der Waals surface area contributed by atoms with E-state index in [1.54, 1.807) is 11.8 Å². The summed E-state index contributed by atoms with van der Waals surface area (Å²) in [5.74, 6) is 1.41. The van der Waals surface area contributed by atoms with Crippen molar-refractivity contribution in [3.63, 3.8) is 0 Å². The molecule has 0 saturated heterocycles. The van der Waals surface area contributed by atoms with E-state index in [-0.39, 0.29) is 5.91 Å². The Kier molecular flexibility index (Phi) is 6.69. The summed E-state index contributed by atoms with van der Waals surface area (Å²) in [6.45, 7) is 4.56. The summed E-state index contributed by atoms with van der Waals surface area (Å²) in [6, 6.07) is 7.82. The monoisotopic (exact) mass is 300 g/mol. The van der Waals surface area contributed by atoms with Gasteiger partial charge < -0.3 is 11.1 Å². The molecule has 5 heteroatoms. The van der Waals surface area contributed by atoms with E-state index in [2.05, 4.69) is 5.32 Å². The molecule has 0 aliphatic carbocycles. The molecule has 0 spiro atoms. The van der Waals surface area contributed by atoms with Gasteiger partial charge in [0.05, 0.1) is 5.54 Å². The van der Waals surface area contributed by atoms with Gasteiger partial charge in [-0.2, -0.15) is 11.8 Å². The van der Waals surface area contributed by atoms with Crippen molar-refractivity contribution in [2.45, 2.75) is 31.6 Å². The standard InChI is InChI=1S/C14H21ClN2OS/c1-3-17-14(2,13(16)18)8-9-19-10-11-6-4-5-7-12(11)15/h4-7,17H,3,8-10H2,1-2H3,(H2,16,18). The highest BCUT2D eigenvalue weighted by atomic mass is 35.5. The number of benzene rings is 1. The summed E-state index contributed by atoms with van der Waals surface area (Å²) in [6.07, 6.45) is 0.714. The van der Waals surface area contributed by atoms with E-state index >= 15 is 0 Å². The Morgan fingerprint density at radius 3 is 2.74 bits per heavy atom. The Morgan fingerprint density at radius 1 is 1.47 bits per heavy atom. The van der Waals surface area contributed by atoms with E-state index < -0.39 is 5.54 Å². The topological polar surface area (TPSA) is 55.1 Å². The number of carbonyl (C=O) groups excluding carboxylic acids is 1. The maximum atomic E-state index is 11.5. The number of amides is 1. The zero-order chi connectivity index (χ0) is 14.3. The number of rotatable bonds is 8. The third-order valence-corrected chi connectivity index (χ3v) is 4.45. The first-order valence-corrected chi connectivity index (χ1v) is 7.89. The van der Waals surface area contributed by atoms with Crippen molar-refractivity contribution in [2.24, 2.45) is 5.73 Å². The van der Waals surface area contributed by atoms with E-state index in [1.165, 1.54) is 0 Å². The second-order valence-electron chi connectivity index (χ2n) is 4.62. The molecular weight excluding hydrogens is 280 g/mol. The van der Waals surface area contributed by atoms with Gasteiger partial charge in [0.25, 0.3) is 0 Å². The number of hydrogen-bond acceptors (Lipinski definition) is 3. The molecule has 0 heterocycles. The fourth-order valence-electron chi connectivity index (χ4n) is 1.76. The van der Waals surface area contributed by atoms with Gasteiger partial charge in [0.1, 0.15) is 0 Å². The van der Waals surface area contributed by atoms with Crippen LogP contribution in [0.4, 0.5) is 0 Å². The molecule has 0 bridgehead atoms. The first-order chi connectivity index (χ1) is 8.99. The summed E-state index contributed by atoms with van der Waals surface area (Å²) >= 11 is 7.85. The van der Waals surface area contributed by atoms with E-state index in [4.69, 9.17) is 17.3 Å². The smallest absolute Gasteiger partial charge is 0.237 e. The molecular formula is C14H21ClN2OS. The van der Waals surface area contributed by atoms with Gasteiger partial charge in [-0.15, -0.1) is 0 Å². The van der Waals surface area contributed by atoms with Crippen molar-refractivity contribution in [1.29, 1.82) is 0 Å². The van der Waals surface area contributed by atoms with Gasteiger partial charge in [0.2, 0.25) is 5.91 Å². The Balaban J connectivity index is 2.41. The molecule has 1 rings (SSSR count). The van der Waals surface area contributed by atoms with Crippen molar-refractivity contribution < 1.29 is 4.79 Å². The summed E-state index contributed by atoms with van der Waals surface area (Å²) in [4.78, 5) is 11.5. The summed E-state index contributed by atoms with van der Waals surface area (Å²) in [5.41, 5.74) is 5.94. The minimum Gasteiger partial charge on any atom is -0.368 e. The number of nitrogens with one attached hydrogen (secondary N) is 1. The molecule has 1 amide bonds. The highest BCUT2D eigenvalue weighted by Gasteiger charge is 2.29. The number of primary amides is 1. The number of nitrogens with two attached hydrogens (primary N) is 1. The molecule has 19 heavy (non-hydrogen) atoms. The predicted octanol–water partition coefficient (Wildman–Crippen LogP) is 2.82. The summed E-state index contributed by atoms with van der Waals surface area (Å²) in [7, 11) is 0. The number of hydrogen-bond donors (Lipinski definition) is 2. The molecule has 1 unspecified atom stereocenters. The van der Waals surface area contributed by atoms with Gasteiger partial charge in [0.15, 0.2) is 0 Å². The van der Waals surface area contributed by atoms with Crippen LogP contribution >= 0.6 is 23.4 Å². The van der Waals surface area contributed by atoms with E-state index in [1.807, 2.05) is 38.1 Å². The lowest BCUT2D eigenvalue weighted by molar-refractivity contribution is -0.123. The number of carbonyl (C=O) groups is 1. The fourth-order valence-corrected chi connectivity index (χ4v) is 3.21. The average Bonchev–Trinajstić information content (AvgIpc) is 2.37. The molecule has 1 atom stereocenters. The van der Waals surface area contributed by atoms with Crippen LogP contribution in [-0.2, 0) is 10.5 Å². The first kappa shape index (κ1) is 16.3. The Bertz CT molecular complexity index is 428. The lowest BCUT2D eigenvalue weighted by atomic mass is 9.98. The third-order valence-electron chi connectivity index (χ3n) is 3.07. The molecule has 0 aliphatic heterocycles. The maximum Gasteiger partial charge on any atom is 0.237 e. The lowest BCUT2D eigenvalue weighted by Gasteiger charge is -2.26. The van der Waals surface area contributed by atoms with Gasteiger partial charge >= 0.3 is 0 Å². The van der Waals surface area contributed by atoms with Gasteiger partial charge in [-0.25, -0.2) is 0 Å². The molecule has 3 nitrogen and oxygen atoms in total. The molecule has 0 radical (unpaired) electrons. The van der Waals surface area contributed by atoms with Crippen molar-refractivity contribution in [3.8, 4) is 0 Å². The molecule has 1 aromatic rings. The van der Waals surface area contributed by atoms with Crippen LogP contribution < -0.4 is 11.1 Å². The fraction of sp³-hybridized carbons (Fsp3) is 0.500. The van der Waals surface area contributed by atoms with Crippen LogP contribution in [0.2, 0.25) is 5.02 Å². The van der Waals surface area contributed by atoms with Crippen LogP contribution in [0.5, 0.6) is 0 Å². The molecule has 0 fully saturated rings. The zero-order valence-corrected chi connectivity index (χ0v) is 13.0. The van der Waals surface area contributed by atoms with Crippen molar-refractivity contribution in [2.75, 3.05) is 12.3 Å². The molecule has 0 saturated carbocycles. The number of likely N-dealkylation sites (N-methyl/N-ethyl adjacent to an activating group) is 1. The van der Waals surface area contributed by atoms with Crippen LogP contribution in [-0.4, -0.2) is 23.7 Å². The second-order valence-corrected chi connectivity index (χ2v) is 6.13. The minimum atomic E-state index is -0.623. The maximum absolute atomic E-state index is 11.5. The Morgan fingerprint density at radius 2 is 2.16 bits per heavy atom. The zero-order valence-electron chi connectivity index (χ0n) is 11.4. The van der Waals surface area contributed by atoms with Crippen LogP contribution in [0.1, 0.15) is 25.8 Å². The average molecular weight is 301 g/mol. The summed E-state index contributed by atoms with van der Waals surface area (Å²) in [5, 5.41) is 3.95. The van der Waals surface area contributed by atoms with Gasteiger partial charge in [0, 0.05) is 10.8 Å². The van der Waals surface area contributed by atoms with Crippen molar-refractivity contribution >= 4 is 29.3 Å². The van der Waals surface area contributed by atoms with Gasteiger partial charge in [-0.05, 0) is 37.3 Å². The molecule has 106 valence electrons. The Labute approximate surface area is 124 Å². The van der Waals surface area contributed by atoms with Crippen LogP contribution in [0.15, 0.2) is 24.3 Å². The van der Waals surface area contributed by atoms with Crippen LogP contribution in [0.25, 0.3) is 0 Å². The summed E-state index contributed by atoms with van der Waals surface area (Å²) < 4.78 is 0. The minimum absolute atomic E-state index is 0.298. The van der Waals surface area contributed by atoms with Gasteiger partial charge in [-0.3, -0.25) is 4.79 Å².